The minimum absolute atomic E-state index is 0.0860. The van der Waals surface area contributed by atoms with Gasteiger partial charge in [0.25, 0.3) is 0 Å². The lowest BCUT2D eigenvalue weighted by Crippen LogP contribution is -2.46. The van der Waals surface area contributed by atoms with Gasteiger partial charge in [0, 0.05) is 6.04 Å². The standard InChI is InChI=1S/C11H22N2OS/c1-8(2)10(15)11(14)12-9-4-6-13(3)7-5-9/h8-10,15H,4-7H2,1-3H3,(H,12,14). The molecule has 1 aliphatic heterocycles. The summed E-state index contributed by atoms with van der Waals surface area (Å²) in [5.41, 5.74) is 0. The number of rotatable bonds is 3. The Morgan fingerprint density at radius 1 is 1.40 bits per heavy atom. The van der Waals surface area contributed by atoms with Crippen molar-refractivity contribution in [1.82, 2.24) is 10.2 Å². The topological polar surface area (TPSA) is 32.3 Å². The van der Waals surface area contributed by atoms with E-state index >= 15 is 0 Å². The summed E-state index contributed by atoms with van der Waals surface area (Å²) in [5, 5.41) is 2.90. The van der Waals surface area contributed by atoms with E-state index in [1.165, 1.54) is 0 Å². The Morgan fingerprint density at radius 3 is 2.40 bits per heavy atom. The maximum Gasteiger partial charge on any atom is 0.233 e. The summed E-state index contributed by atoms with van der Waals surface area (Å²) in [6.07, 6.45) is 2.11. The van der Waals surface area contributed by atoms with Crippen molar-refractivity contribution in [2.24, 2.45) is 5.92 Å². The molecule has 1 unspecified atom stereocenters. The molecule has 0 aliphatic carbocycles. The van der Waals surface area contributed by atoms with E-state index in [1.54, 1.807) is 0 Å². The number of carbonyl (C=O) groups is 1. The van der Waals surface area contributed by atoms with Crippen molar-refractivity contribution in [1.29, 1.82) is 0 Å². The molecule has 1 atom stereocenters. The van der Waals surface area contributed by atoms with Gasteiger partial charge in [0.05, 0.1) is 5.25 Å². The lowest BCUT2D eigenvalue weighted by Gasteiger charge is -2.30. The summed E-state index contributed by atoms with van der Waals surface area (Å²) in [6.45, 7) is 6.19. The second-order valence-corrected chi connectivity index (χ2v) is 5.33. The fraction of sp³-hybridized carbons (Fsp3) is 0.909. The summed E-state index contributed by atoms with van der Waals surface area (Å²) < 4.78 is 0. The van der Waals surface area contributed by atoms with Crippen molar-refractivity contribution in [2.45, 2.75) is 38.0 Å². The highest BCUT2D eigenvalue weighted by atomic mass is 32.1. The number of nitrogens with zero attached hydrogens (tertiary/aromatic N) is 1. The van der Waals surface area contributed by atoms with Gasteiger partial charge in [-0.05, 0) is 38.9 Å². The molecular weight excluding hydrogens is 208 g/mol. The fourth-order valence-corrected chi connectivity index (χ4v) is 1.82. The first-order valence-electron chi connectivity index (χ1n) is 5.67. The highest BCUT2D eigenvalue weighted by Gasteiger charge is 2.23. The summed E-state index contributed by atoms with van der Waals surface area (Å²) in [4.78, 5) is 14.0. The molecule has 1 fully saturated rings. The minimum Gasteiger partial charge on any atom is -0.352 e. The second kappa shape index (κ2) is 5.75. The molecule has 0 radical (unpaired) electrons. The molecule has 0 saturated carbocycles. The second-order valence-electron chi connectivity index (χ2n) is 4.77. The van der Waals surface area contributed by atoms with Gasteiger partial charge in [0.15, 0.2) is 0 Å². The highest BCUT2D eigenvalue weighted by molar-refractivity contribution is 7.81. The summed E-state index contributed by atoms with van der Waals surface area (Å²) >= 11 is 4.31. The molecule has 3 nitrogen and oxygen atoms in total. The molecule has 88 valence electrons. The zero-order valence-electron chi connectivity index (χ0n) is 9.86. The lowest BCUT2D eigenvalue weighted by molar-refractivity contribution is -0.122. The first-order valence-corrected chi connectivity index (χ1v) is 6.19. The third-order valence-electron chi connectivity index (χ3n) is 2.97. The molecular formula is C11H22N2OS. The summed E-state index contributed by atoms with van der Waals surface area (Å²) in [6, 6.07) is 0.349. The Kier molecular flexibility index (Phi) is 4.93. The maximum absolute atomic E-state index is 11.7. The molecule has 1 N–H and O–H groups in total. The van der Waals surface area contributed by atoms with Crippen LogP contribution in [-0.2, 0) is 4.79 Å². The number of piperidine rings is 1. The number of hydrogen-bond acceptors (Lipinski definition) is 3. The number of thiol groups is 1. The lowest BCUT2D eigenvalue weighted by atomic mass is 10.0. The normalized spacial score (nSPS) is 21.7. The molecule has 1 saturated heterocycles. The van der Waals surface area contributed by atoms with Gasteiger partial charge in [-0.25, -0.2) is 0 Å². The van der Waals surface area contributed by atoms with Crippen LogP contribution < -0.4 is 5.32 Å². The molecule has 1 heterocycles. The monoisotopic (exact) mass is 230 g/mol. The Labute approximate surface area is 98.0 Å². The summed E-state index contributed by atoms with van der Waals surface area (Å²) in [7, 11) is 2.12. The Hall–Kier alpha value is -0.220. The Balaban J connectivity index is 2.32. The number of hydrogen-bond donors (Lipinski definition) is 2. The number of amides is 1. The van der Waals surface area contributed by atoms with Crippen molar-refractivity contribution < 1.29 is 4.79 Å². The first kappa shape index (κ1) is 12.8. The van der Waals surface area contributed by atoms with E-state index in [-0.39, 0.29) is 11.2 Å². The van der Waals surface area contributed by atoms with Gasteiger partial charge in [0.1, 0.15) is 0 Å². The largest absolute Gasteiger partial charge is 0.352 e. The van der Waals surface area contributed by atoms with Crippen LogP contribution in [0.1, 0.15) is 26.7 Å². The van der Waals surface area contributed by atoms with Crippen molar-refractivity contribution in [2.75, 3.05) is 20.1 Å². The molecule has 0 aromatic rings. The third-order valence-corrected chi connectivity index (χ3v) is 3.80. The van der Waals surface area contributed by atoms with Crippen molar-refractivity contribution in [3.63, 3.8) is 0 Å². The number of nitrogens with one attached hydrogen (secondary N) is 1. The fourth-order valence-electron chi connectivity index (χ4n) is 1.74. The molecule has 15 heavy (non-hydrogen) atoms. The minimum atomic E-state index is -0.176. The average Bonchev–Trinajstić information content (AvgIpc) is 2.20. The van der Waals surface area contributed by atoms with Gasteiger partial charge in [-0.3, -0.25) is 4.79 Å². The number of carbonyl (C=O) groups excluding carboxylic acids is 1. The van der Waals surface area contributed by atoms with Crippen LogP contribution in [0.2, 0.25) is 0 Å². The molecule has 1 rings (SSSR count). The Morgan fingerprint density at radius 2 is 1.93 bits per heavy atom. The van der Waals surface area contributed by atoms with E-state index < -0.39 is 0 Å². The van der Waals surface area contributed by atoms with Gasteiger partial charge in [-0.15, -0.1) is 0 Å². The van der Waals surface area contributed by atoms with E-state index in [9.17, 15) is 4.79 Å². The molecule has 0 spiro atoms. The van der Waals surface area contributed by atoms with Crippen molar-refractivity contribution >= 4 is 18.5 Å². The van der Waals surface area contributed by atoms with E-state index in [2.05, 4.69) is 29.9 Å². The van der Waals surface area contributed by atoms with Gasteiger partial charge in [-0.1, -0.05) is 13.8 Å². The average molecular weight is 230 g/mol. The molecule has 1 aliphatic rings. The Bertz CT molecular complexity index is 213. The van der Waals surface area contributed by atoms with Gasteiger partial charge in [-0.2, -0.15) is 12.6 Å². The maximum atomic E-state index is 11.7. The van der Waals surface area contributed by atoms with Gasteiger partial charge < -0.3 is 10.2 Å². The molecule has 0 aromatic carbocycles. The van der Waals surface area contributed by atoms with Crippen LogP contribution >= 0.6 is 12.6 Å². The molecule has 1 amide bonds. The third kappa shape index (κ3) is 4.03. The van der Waals surface area contributed by atoms with E-state index in [0.717, 1.165) is 25.9 Å². The summed E-state index contributed by atoms with van der Waals surface area (Å²) in [5.74, 6) is 0.377. The van der Waals surface area contributed by atoms with Crippen LogP contribution in [0.15, 0.2) is 0 Å². The van der Waals surface area contributed by atoms with Crippen molar-refractivity contribution in [3.8, 4) is 0 Å². The molecule has 0 aromatic heterocycles. The van der Waals surface area contributed by atoms with E-state index in [4.69, 9.17) is 0 Å². The van der Waals surface area contributed by atoms with Gasteiger partial charge >= 0.3 is 0 Å². The number of likely N-dealkylation sites (tertiary alicyclic amines) is 1. The zero-order valence-corrected chi connectivity index (χ0v) is 10.8. The van der Waals surface area contributed by atoms with Gasteiger partial charge in [0.2, 0.25) is 5.91 Å². The quantitative estimate of drug-likeness (QED) is 0.713. The zero-order chi connectivity index (χ0) is 11.4. The smallest absolute Gasteiger partial charge is 0.233 e. The van der Waals surface area contributed by atoms with Crippen molar-refractivity contribution in [3.05, 3.63) is 0 Å². The van der Waals surface area contributed by atoms with Crippen LogP contribution in [0.4, 0.5) is 0 Å². The highest BCUT2D eigenvalue weighted by Crippen LogP contribution is 2.12. The molecule has 0 bridgehead atoms. The van der Waals surface area contributed by atoms with E-state index in [0.29, 0.717) is 12.0 Å². The van der Waals surface area contributed by atoms with Crippen LogP contribution in [0.3, 0.4) is 0 Å². The van der Waals surface area contributed by atoms with Crippen LogP contribution in [0.5, 0.6) is 0 Å². The predicted octanol–water partition coefficient (Wildman–Crippen LogP) is 1.15. The van der Waals surface area contributed by atoms with Crippen LogP contribution in [-0.4, -0.2) is 42.2 Å². The first-order chi connectivity index (χ1) is 7.00. The molecule has 4 heteroatoms. The predicted molar refractivity (Wildman–Crippen MR) is 66.3 cm³/mol. The van der Waals surface area contributed by atoms with Crippen LogP contribution in [0.25, 0.3) is 0 Å². The van der Waals surface area contributed by atoms with Crippen LogP contribution in [0, 0.1) is 5.92 Å². The van der Waals surface area contributed by atoms with E-state index in [1.807, 2.05) is 13.8 Å². The SMILES string of the molecule is CC(C)C(S)C(=O)NC1CCN(C)CC1.